The standard InChI is InChI=1S/C13H23NO4/c1-9(13(17)18)8-14(2)12(16)11(15)10-6-4-3-5-7-10/h9-11,15H,3-8H2,1-2H3,(H,17,18). The van der Waals surface area contributed by atoms with Crippen LogP contribution in [0.4, 0.5) is 0 Å². The van der Waals surface area contributed by atoms with Crippen LogP contribution in [-0.4, -0.2) is 46.7 Å². The fourth-order valence-electron chi connectivity index (χ4n) is 2.46. The Bertz CT molecular complexity index is 299. The highest BCUT2D eigenvalue weighted by Gasteiger charge is 2.30. The maximum absolute atomic E-state index is 12.0. The molecule has 0 saturated heterocycles. The lowest BCUT2D eigenvalue weighted by atomic mass is 9.85. The summed E-state index contributed by atoms with van der Waals surface area (Å²) in [5, 5.41) is 18.8. The van der Waals surface area contributed by atoms with Gasteiger partial charge in [0.25, 0.3) is 5.91 Å². The second-order valence-corrected chi connectivity index (χ2v) is 5.30. The summed E-state index contributed by atoms with van der Waals surface area (Å²) in [6.45, 7) is 1.69. The number of carbonyl (C=O) groups is 2. The van der Waals surface area contributed by atoms with Crippen LogP contribution in [0.25, 0.3) is 0 Å². The molecule has 0 aromatic rings. The van der Waals surface area contributed by atoms with Crippen molar-refractivity contribution in [1.29, 1.82) is 0 Å². The molecule has 5 heteroatoms. The quantitative estimate of drug-likeness (QED) is 0.773. The van der Waals surface area contributed by atoms with E-state index in [0.717, 1.165) is 25.7 Å². The SMILES string of the molecule is CC(CN(C)C(=O)C(O)C1CCCCC1)C(=O)O. The number of aliphatic hydroxyl groups is 1. The number of amides is 1. The van der Waals surface area contributed by atoms with E-state index in [1.165, 1.54) is 11.3 Å². The predicted octanol–water partition coefficient (Wildman–Crippen LogP) is 1.11. The number of aliphatic hydroxyl groups excluding tert-OH is 1. The van der Waals surface area contributed by atoms with Gasteiger partial charge in [0.1, 0.15) is 6.10 Å². The molecule has 2 atom stereocenters. The zero-order valence-electron chi connectivity index (χ0n) is 11.1. The van der Waals surface area contributed by atoms with Crippen molar-refractivity contribution in [3.8, 4) is 0 Å². The fraction of sp³-hybridized carbons (Fsp3) is 0.846. The van der Waals surface area contributed by atoms with Gasteiger partial charge in [-0.1, -0.05) is 26.2 Å². The van der Waals surface area contributed by atoms with Crippen LogP contribution in [-0.2, 0) is 9.59 Å². The van der Waals surface area contributed by atoms with Gasteiger partial charge in [-0.2, -0.15) is 0 Å². The highest BCUT2D eigenvalue weighted by Crippen LogP contribution is 2.27. The van der Waals surface area contributed by atoms with E-state index < -0.39 is 18.0 Å². The zero-order valence-corrected chi connectivity index (χ0v) is 11.1. The molecular weight excluding hydrogens is 234 g/mol. The van der Waals surface area contributed by atoms with Crippen molar-refractivity contribution < 1.29 is 19.8 Å². The van der Waals surface area contributed by atoms with Gasteiger partial charge in [0.15, 0.2) is 0 Å². The molecule has 2 unspecified atom stereocenters. The van der Waals surface area contributed by atoms with Crippen LogP contribution in [0.15, 0.2) is 0 Å². The Kier molecular flexibility index (Phi) is 5.59. The van der Waals surface area contributed by atoms with Crippen molar-refractivity contribution in [2.75, 3.05) is 13.6 Å². The van der Waals surface area contributed by atoms with Crippen LogP contribution in [0.1, 0.15) is 39.0 Å². The normalized spacial score (nSPS) is 20.2. The first kappa shape index (κ1) is 15.0. The van der Waals surface area contributed by atoms with Gasteiger partial charge in [0, 0.05) is 13.6 Å². The highest BCUT2D eigenvalue weighted by atomic mass is 16.4. The molecule has 5 nitrogen and oxygen atoms in total. The number of hydrogen-bond acceptors (Lipinski definition) is 3. The molecule has 0 radical (unpaired) electrons. The number of carboxylic acid groups (broad SMARTS) is 1. The molecule has 0 aromatic heterocycles. The minimum absolute atomic E-state index is 0.0360. The van der Waals surface area contributed by atoms with Crippen LogP contribution < -0.4 is 0 Å². The molecule has 18 heavy (non-hydrogen) atoms. The summed E-state index contributed by atoms with van der Waals surface area (Å²) in [5.74, 6) is -1.86. The van der Waals surface area contributed by atoms with Crippen LogP contribution in [0.3, 0.4) is 0 Å². The fourth-order valence-corrected chi connectivity index (χ4v) is 2.46. The Hall–Kier alpha value is -1.10. The van der Waals surface area contributed by atoms with Crippen LogP contribution in [0, 0.1) is 11.8 Å². The Balaban J connectivity index is 2.48. The zero-order chi connectivity index (χ0) is 13.7. The maximum atomic E-state index is 12.0. The van der Waals surface area contributed by atoms with E-state index in [2.05, 4.69) is 0 Å². The molecule has 0 heterocycles. The lowest BCUT2D eigenvalue weighted by molar-refractivity contribution is -0.146. The average molecular weight is 257 g/mol. The van der Waals surface area contributed by atoms with Crippen molar-refractivity contribution in [2.24, 2.45) is 11.8 Å². The third-order valence-electron chi connectivity index (χ3n) is 3.69. The van der Waals surface area contributed by atoms with Gasteiger partial charge in [0.05, 0.1) is 5.92 Å². The first-order valence-corrected chi connectivity index (χ1v) is 6.59. The number of carboxylic acids is 1. The minimum atomic E-state index is -0.976. The first-order valence-electron chi connectivity index (χ1n) is 6.59. The number of aliphatic carboxylic acids is 1. The average Bonchev–Trinajstić information content (AvgIpc) is 2.37. The third-order valence-corrected chi connectivity index (χ3v) is 3.69. The summed E-state index contributed by atoms with van der Waals surface area (Å²) in [6.07, 6.45) is 4.08. The Labute approximate surface area is 108 Å². The number of rotatable bonds is 5. The smallest absolute Gasteiger partial charge is 0.308 e. The van der Waals surface area contributed by atoms with Gasteiger partial charge in [-0.15, -0.1) is 0 Å². The van der Waals surface area contributed by atoms with E-state index in [0.29, 0.717) is 0 Å². The summed E-state index contributed by atoms with van der Waals surface area (Å²) in [4.78, 5) is 24.0. The number of nitrogens with zero attached hydrogens (tertiary/aromatic N) is 1. The molecule has 1 fully saturated rings. The van der Waals surface area contributed by atoms with Crippen molar-refractivity contribution in [1.82, 2.24) is 4.90 Å². The molecule has 104 valence electrons. The van der Waals surface area contributed by atoms with Crippen molar-refractivity contribution in [3.05, 3.63) is 0 Å². The van der Waals surface area contributed by atoms with E-state index in [1.807, 2.05) is 0 Å². The predicted molar refractivity (Wildman–Crippen MR) is 67.0 cm³/mol. The Morgan fingerprint density at radius 2 is 1.83 bits per heavy atom. The largest absolute Gasteiger partial charge is 0.481 e. The summed E-state index contributed by atoms with van der Waals surface area (Å²) < 4.78 is 0. The van der Waals surface area contributed by atoms with Gasteiger partial charge in [-0.05, 0) is 18.8 Å². The molecule has 1 amide bonds. The summed E-state index contributed by atoms with van der Waals surface area (Å²) in [6, 6.07) is 0. The van der Waals surface area contributed by atoms with Gasteiger partial charge < -0.3 is 15.1 Å². The number of likely N-dealkylation sites (N-methyl/N-ethyl adjacent to an activating group) is 1. The van der Waals surface area contributed by atoms with E-state index in [9.17, 15) is 14.7 Å². The first-order chi connectivity index (χ1) is 8.43. The van der Waals surface area contributed by atoms with Crippen molar-refractivity contribution in [2.45, 2.75) is 45.1 Å². The summed E-state index contributed by atoms with van der Waals surface area (Å²) in [7, 11) is 1.55. The monoisotopic (exact) mass is 257 g/mol. The molecule has 0 aromatic carbocycles. The topological polar surface area (TPSA) is 77.8 Å². The van der Waals surface area contributed by atoms with E-state index in [4.69, 9.17) is 5.11 Å². The summed E-state index contributed by atoms with van der Waals surface area (Å²) >= 11 is 0. The van der Waals surface area contributed by atoms with Gasteiger partial charge in [0.2, 0.25) is 0 Å². The molecule has 1 saturated carbocycles. The molecule has 0 aliphatic heterocycles. The molecule has 1 aliphatic carbocycles. The van der Waals surface area contributed by atoms with Gasteiger partial charge in [-0.25, -0.2) is 0 Å². The second kappa shape index (κ2) is 6.73. The molecule has 0 bridgehead atoms. The molecule has 1 rings (SSSR count). The second-order valence-electron chi connectivity index (χ2n) is 5.30. The van der Waals surface area contributed by atoms with Crippen LogP contribution in [0.5, 0.6) is 0 Å². The van der Waals surface area contributed by atoms with E-state index in [-0.39, 0.29) is 18.4 Å². The number of carbonyl (C=O) groups excluding carboxylic acids is 1. The Morgan fingerprint density at radius 1 is 1.28 bits per heavy atom. The molecule has 1 aliphatic rings. The number of hydrogen-bond donors (Lipinski definition) is 2. The van der Waals surface area contributed by atoms with Crippen molar-refractivity contribution in [3.63, 3.8) is 0 Å². The van der Waals surface area contributed by atoms with Gasteiger partial charge >= 0.3 is 5.97 Å². The minimum Gasteiger partial charge on any atom is -0.481 e. The lowest BCUT2D eigenvalue weighted by Crippen LogP contribution is -2.43. The summed E-state index contributed by atoms with van der Waals surface area (Å²) in [5.41, 5.74) is 0. The Morgan fingerprint density at radius 3 is 2.33 bits per heavy atom. The highest BCUT2D eigenvalue weighted by molar-refractivity contribution is 5.81. The van der Waals surface area contributed by atoms with Crippen LogP contribution >= 0.6 is 0 Å². The molecule has 2 N–H and O–H groups in total. The van der Waals surface area contributed by atoms with E-state index >= 15 is 0 Å². The molecule has 0 spiro atoms. The lowest BCUT2D eigenvalue weighted by Gasteiger charge is -2.29. The third kappa shape index (κ3) is 3.98. The van der Waals surface area contributed by atoms with Crippen LogP contribution in [0.2, 0.25) is 0 Å². The maximum Gasteiger partial charge on any atom is 0.308 e. The van der Waals surface area contributed by atoms with Gasteiger partial charge in [-0.3, -0.25) is 9.59 Å². The van der Waals surface area contributed by atoms with E-state index in [1.54, 1.807) is 14.0 Å². The van der Waals surface area contributed by atoms with Crippen molar-refractivity contribution >= 4 is 11.9 Å². The molecular formula is C13H23NO4.